The molecule has 1 saturated heterocycles. The molecular weight excluding hydrogens is 422 g/mol. The normalized spacial score (nSPS) is 17.5. The topological polar surface area (TPSA) is 82.1 Å². The Hall–Kier alpha value is -3.71. The summed E-state index contributed by atoms with van der Waals surface area (Å²) < 4.78 is 16.3. The predicted octanol–water partition coefficient (Wildman–Crippen LogP) is 3.98. The van der Waals surface area contributed by atoms with E-state index in [2.05, 4.69) is 0 Å². The zero-order valence-electron chi connectivity index (χ0n) is 18.2. The number of amides is 2. The summed E-state index contributed by atoms with van der Waals surface area (Å²) >= 11 is 0. The van der Waals surface area contributed by atoms with Gasteiger partial charge in [-0.25, -0.2) is 4.79 Å². The van der Waals surface area contributed by atoms with Gasteiger partial charge in [0.2, 0.25) is 0 Å². The molecule has 33 heavy (non-hydrogen) atoms. The smallest absolute Gasteiger partial charge is 0.338 e. The van der Waals surface area contributed by atoms with Crippen LogP contribution >= 0.6 is 0 Å². The highest BCUT2D eigenvalue weighted by atomic mass is 16.5. The third-order valence-electron chi connectivity index (χ3n) is 6.10. The van der Waals surface area contributed by atoms with Crippen LogP contribution < -0.4 is 4.74 Å². The number of esters is 1. The fraction of sp³-hybridized carbons (Fsp3) is 0.269. The minimum atomic E-state index is -0.551. The summed E-state index contributed by atoms with van der Waals surface area (Å²) in [6.45, 7) is 0.977. The van der Waals surface area contributed by atoms with E-state index in [9.17, 15) is 14.4 Å². The fourth-order valence-corrected chi connectivity index (χ4v) is 4.30. The van der Waals surface area contributed by atoms with Crippen molar-refractivity contribution < 1.29 is 28.6 Å². The highest BCUT2D eigenvalue weighted by Gasteiger charge is 2.38. The number of rotatable bonds is 6. The molecule has 1 fully saturated rings. The maximum Gasteiger partial charge on any atom is 0.338 e. The second-order valence-electron chi connectivity index (χ2n) is 8.24. The average molecular weight is 445 g/mol. The average Bonchev–Trinajstić information content (AvgIpc) is 3.44. The van der Waals surface area contributed by atoms with Crippen LogP contribution in [0.1, 0.15) is 49.5 Å². The fourth-order valence-electron chi connectivity index (χ4n) is 4.30. The molecule has 0 saturated carbocycles. The van der Waals surface area contributed by atoms with E-state index in [1.807, 2.05) is 36.4 Å². The predicted molar refractivity (Wildman–Crippen MR) is 120 cm³/mol. The largest absolute Gasteiger partial charge is 0.497 e. The van der Waals surface area contributed by atoms with E-state index < -0.39 is 11.9 Å². The van der Waals surface area contributed by atoms with Crippen LogP contribution in [0.2, 0.25) is 0 Å². The van der Waals surface area contributed by atoms with E-state index in [0.717, 1.165) is 34.9 Å². The van der Waals surface area contributed by atoms with Crippen molar-refractivity contribution in [2.45, 2.75) is 25.6 Å². The van der Waals surface area contributed by atoms with Gasteiger partial charge in [0.25, 0.3) is 11.8 Å². The van der Waals surface area contributed by atoms with Crippen molar-refractivity contribution in [3.05, 3.63) is 76.9 Å². The van der Waals surface area contributed by atoms with E-state index in [1.54, 1.807) is 7.11 Å². The minimum absolute atomic E-state index is 0.0932. The number of imide groups is 1. The highest BCUT2D eigenvalue weighted by molar-refractivity contribution is 6.22. The van der Waals surface area contributed by atoms with Gasteiger partial charge in [0.05, 0.1) is 36.4 Å². The Labute approximate surface area is 190 Å². The second kappa shape index (κ2) is 8.67. The number of carbonyl (C=O) groups is 3. The third kappa shape index (κ3) is 4.07. The maximum atomic E-state index is 12.8. The van der Waals surface area contributed by atoms with Gasteiger partial charge >= 0.3 is 5.97 Å². The summed E-state index contributed by atoms with van der Waals surface area (Å²) in [5.74, 6) is -0.519. The molecule has 2 amide bonds. The number of methoxy groups -OCH3 is 1. The zero-order valence-corrected chi connectivity index (χ0v) is 18.2. The van der Waals surface area contributed by atoms with E-state index in [4.69, 9.17) is 14.2 Å². The molecule has 0 aliphatic carbocycles. The van der Waals surface area contributed by atoms with Crippen molar-refractivity contribution in [3.63, 3.8) is 0 Å². The molecule has 0 spiro atoms. The first kappa shape index (κ1) is 21.2. The molecule has 0 radical (unpaired) electrons. The first-order valence-electron chi connectivity index (χ1n) is 10.9. The van der Waals surface area contributed by atoms with Gasteiger partial charge in [-0.15, -0.1) is 0 Å². The van der Waals surface area contributed by atoms with Crippen LogP contribution in [0, 0.1) is 0 Å². The molecule has 0 aromatic heterocycles. The van der Waals surface area contributed by atoms with Gasteiger partial charge in [-0.3, -0.25) is 14.5 Å². The second-order valence-corrected chi connectivity index (χ2v) is 8.24. The summed E-state index contributed by atoms with van der Waals surface area (Å²) in [6, 6.07) is 16.0. The lowest BCUT2D eigenvalue weighted by Crippen LogP contribution is -2.36. The molecule has 2 heterocycles. The van der Waals surface area contributed by atoms with Crippen LogP contribution in [-0.4, -0.2) is 49.0 Å². The standard InChI is InChI=1S/C26H23NO6/c1-31-20-8-6-17-11-16(4-5-18(17)12-20)15-33-26(30)19-7-9-22-23(13-19)25(29)27(24(22)28)14-21-3-2-10-32-21/h4-9,11-13,21H,2-3,10,14-15H2,1H3. The van der Waals surface area contributed by atoms with E-state index in [0.29, 0.717) is 12.2 Å². The van der Waals surface area contributed by atoms with Gasteiger partial charge < -0.3 is 14.2 Å². The quantitative estimate of drug-likeness (QED) is 0.422. The Morgan fingerprint density at radius 1 is 1.00 bits per heavy atom. The monoisotopic (exact) mass is 445 g/mol. The molecule has 0 N–H and O–H groups in total. The Balaban J connectivity index is 1.27. The molecule has 1 atom stereocenters. The van der Waals surface area contributed by atoms with Crippen LogP contribution in [0.3, 0.4) is 0 Å². The molecule has 3 aromatic rings. The van der Waals surface area contributed by atoms with Gasteiger partial charge in [0.15, 0.2) is 0 Å². The van der Waals surface area contributed by atoms with Crippen molar-refractivity contribution in [3.8, 4) is 5.75 Å². The van der Waals surface area contributed by atoms with Crippen LogP contribution in [0.5, 0.6) is 5.75 Å². The van der Waals surface area contributed by atoms with Crippen molar-refractivity contribution in [2.75, 3.05) is 20.3 Å². The first-order valence-corrected chi connectivity index (χ1v) is 10.9. The minimum Gasteiger partial charge on any atom is -0.497 e. The van der Waals surface area contributed by atoms with Gasteiger partial charge in [-0.05, 0) is 65.6 Å². The Morgan fingerprint density at radius 2 is 1.79 bits per heavy atom. The van der Waals surface area contributed by atoms with Gasteiger partial charge in [0.1, 0.15) is 12.4 Å². The van der Waals surface area contributed by atoms with Crippen LogP contribution in [0.25, 0.3) is 10.8 Å². The summed E-state index contributed by atoms with van der Waals surface area (Å²) in [6.07, 6.45) is 1.63. The number of hydrogen-bond acceptors (Lipinski definition) is 6. The number of hydrogen-bond donors (Lipinski definition) is 0. The number of benzene rings is 3. The molecular formula is C26H23NO6. The molecule has 7 nitrogen and oxygen atoms in total. The van der Waals surface area contributed by atoms with Gasteiger partial charge in [-0.1, -0.05) is 18.2 Å². The maximum absolute atomic E-state index is 12.8. The molecule has 1 unspecified atom stereocenters. The first-order chi connectivity index (χ1) is 16.0. The van der Waals surface area contributed by atoms with Crippen molar-refractivity contribution in [2.24, 2.45) is 0 Å². The third-order valence-corrected chi connectivity index (χ3v) is 6.10. The Kier molecular flexibility index (Phi) is 5.56. The molecule has 168 valence electrons. The molecule has 2 aliphatic rings. The summed E-state index contributed by atoms with van der Waals surface area (Å²) in [5, 5.41) is 2.04. The van der Waals surface area contributed by atoms with E-state index in [-0.39, 0.29) is 36.3 Å². The van der Waals surface area contributed by atoms with Gasteiger partial charge in [-0.2, -0.15) is 0 Å². The highest BCUT2D eigenvalue weighted by Crippen LogP contribution is 2.27. The van der Waals surface area contributed by atoms with Crippen LogP contribution in [0.15, 0.2) is 54.6 Å². The lowest BCUT2D eigenvalue weighted by atomic mass is 10.1. The van der Waals surface area contributed by atoms with Crippen molar-refractivity contribution in [1.82, 2.24) is 4.90 Å². The summed E-state index contributed by atoms with van der Waals surface area (Å²) in [4.78, 5) is 39.3. The summed E-state index contributed by atoms with van der Waals surface area (Å²) in [7, 11) is 1.62. The zero-order chi connectivity index (χ0) is 22.9. The summed E-state index contributed by atoms with van der Waals surface area (Å²) in [5.41, 5.74) is 1.61. The SMILES string of the molecule is COc1ccc2cc(COC(=O)c3ccc4c(c3)C(=O)N(CC3CCCO3)C4=O)ccc2c1. The van der Waals surface area contributed by atoms with E-state index in [1.165, 1.54) is 23.1 Å². The molecule has 2 aliphatic heterocycles. The van der Waals surface area contributed by atoms with Crippen LogP contribution in [-0.2, 0) is 16.1 Å². The molecule has 0 bridgehead atoms. The van der Waals surface area contributed by atoms with Crippen molar-refractivity contribution >= 4 is 28.6 Å². The van der Waals surface area contributed by atoms with Gasteiger partial charge in [0, 0.05) is 6.61 Å². The number of carbonyl (C=O) groups excluding carboxylic acids is 3. The lowest BCUT2D eigenvalue weighted by molar-refractivity contribution is 0.0469. The Morgan fingerprint density at radius 3 is 2.58 bits per heavy atom. The number of ether oxygens (including phenoxy) is 3. The van der Waals surface area contributed by atoms with Crippen molar-refractivity contribution in [1.29, 1.82) is 0 Å². The molecule has 7 heteroatoms. The molecule has 3 aromatic carbocycles. The lowest BCUT2D eigenvalue weighted by Gasteiger charge is -2.17. The number of fused-ring (bicyclic) bond motifs is 2. The molecule has 5 rings (SSSR count). The van der Waals surface area contributed by atoms with Crippen LogP contribution in [0.4, 0.5) is 0 Å². The number of nitrogens with zero attached hydrogens (tertiary/aromatic N) is 1. The van der Waals surface area contributed by atoms with E-state index >= 15 is 0 Å². The Bertz CT molecular complexity index is 1260.